The van der Waals surface area contributed by atoms with Gasteiger partial charge in [0, 0.05) is 26.4 Å². The van der Waals surface area contributed by atoms with Gasteiger partial charge >= 0.3 is 6.18 Å². The van der Waals surface area contributed by atoms with Crippen molar-refractivity contribution in [2.75, 3.05) is 25.1 Å². The van der Waals surface area contributed by atoms with Crippen LogP contribution in [0.2, 0.25) is 0 Å². The Balaban J connectivity index is 1.68. The van der Waals surface area contributed by atoms with E-state index in [0.717, 1.165) is 31.7 Å². The average molecular weight is 385 g/mol. The van der Waals surface area contributed by atoms with Crippen LogP contribution in [-0.4, -0.2) is 43.2 Å². The highest BCUT2D eigenvalue weighted by Gasteiger charge is 2.38. The number of ether oxygens (including phenoxy) is 1. The number of halogens is 3. The van der Waals surface area contributed by atoms with E-state index >= 15 is 0 Å². The molecule has 3 rings (SSSR count). The molecule has 1 saturated heterocycles. The molecule has 8 heteroatoms. The van der Waals surface area contributed by atoms with Gasteiger partial charge in [0.15, 0.2) is 0 Å². The number of anilines is 1. The number of alkyl halides is 3. The lowest BCUT2D eigenvalue weighted by Crippen LogP contribution is -2.51. The molecule has 1 aromatic rings. The number of hydrogen-bond donors (Lipinski definition) is 1. The van der Waals surface area contributed by atoms with Crippen LogP contribution in [0.25, 0.3) is 0 Å². The Labute approximate surface area is 157 Å². The van der Waals surface area contributed by atoms with Crippen molar-refractivity contribution in [1.82, 2.24) is 10.3 Å². The molecular formula is C19H26F3N3O2. The molecule has 150 valence electrons. The van der Waals surface area contributed by atoms with Crippen molar-refractivity contribution in [3.05, 3.63) is 23.9 Å². The number of rotatable bonds is 4. The molecule has 0 radical (unpaired) electrons. The maximum atomic E-state index is 13.3. The van der Waals surface area contributed by atoms with Crippen LogP contribution in [0.1, 0.15) is 44.1 Å². The van der Waals surface area contributed by atoms with E-state index in [9.17, 15) is 18.0 Å². The largest absolute Gasteiger partial charge is 0.419 e. The molecule has 1 aromatic heterocycles. The van der Waals surface area contributed by atoms with Gasteiger partial charge in [-0.2, -0.15) is 13.2 Å². The molecule has 0 unspecified atom stereocenters. The summed E-state index contributed by atoms with van der Waals surface area (Å²) in [5.41, 5.74) is -0.752. The second kappa shape index (κ2) is 8.46. The number of carbonyl (C=O) groups is 1. The second-order valence-corrected chi connectivity index (χ2v) is 7.33. The van der Waals surface area contributed by atoms with Crippen molar-refractivity contribution >= 4 is 11.7 Å². The number of nitrogens with one attached hydrogen (secondary N) is 1. The Morgan fingerprint density at radius 3 is 2.78 bits per heavy atom. The summed E-state index contributed by atoms with van der Waals surface area (Å²) in [7, 11) is 1.65. The number of methoxy groups -OCH3 is 1. The number of piperidine rings is 1. The first-order valence-electron chi connectivity index (χ1n) is 9.50. The van der Waals surface area contributed by atoms with E-state index in [4.69, 9.17) is 4.74 Å². The monoisotopic (exact) mass is 385 g/mol. The van der Waals surface area contributed by atoms with Crippen molar-refractivity contribution in [3.63, 3.8) is 0 Å². The van der Waals surface area contributed by atoms with Crippen LogP contribution in [0.15, 0.2) is 18.3 Å². The van der Waals surface area contributed by atoms with Crippen molar-refractivity contribution in [2.45, 2.75) is 56.8 Å². The van der Waals surface area contributed by atoms with Crippen LogP contribution in [-0.2, 0) is 15.7 Å². The Morgan fingerprint density at radius 1 is 1.26 bits per heavy atom. The summed E-state index contributed by atoms with van der Waals surface area (Å²) in [5.74, 6) is -0.533. The van der Waals surface area contributed by atoms with Gasteiger partial charge in [0.05, 0.1) is 23.6 Å². The predicted octanol–water partition coefficient (Wildman–Crippen LogP) is 3.39. The standard InChI is InChI=1S/C19H26F3N3O2/c1-27-16-9-3-2-8-15(16)24-18(26)13-6-5-11-25(12-13)17-14(19(20,21)22)7-4-10-23-17/h4,7,10,13,15-16H,2-3,5-6,8-9,11-12H2,1H3,(H,24,26)/t13-,15-,16-/m1/s1. The summed E-state index contributed by atoms with van der Waals surface area (Å²) >= 11 is 0. The van der Waals surface area contributed by atoms with E-state index in [2.05, 4.69) is 10.3 Å². The average Bonchev–Trinajstić information content (AvgIpc) is 2.68. The van der Waals surface area contributed by atoms with Gasteiger partial charge < -0.3 is 15.0 Å². The van der Waals surface area contributed by atoms with Gasteiger partial charge in [0.2, 0.25) is 5.91 Å². The van der Waals surface area contributed by atoms with E-state index in [1.54, 1.807) is 12.0 Å². The molecule has 2 aliphatic rings. The Bertz CT molecular complexity index is 653. The second-order valence-electron chi connectivity index (χ2n) is 7.33. The molecule has 3 atom stereocenters. The van der Waals surface area contributed by atoms with E-state index < -0.39 is 11.7 Å². The summed E-state index contributed by atoms with van der Waals surface area (Å²) in [6, 6.07) is 2.30. The molecule has 1 amide bonds. The van der Waals surface area contributed by atoms with E-state index in [-0.39, 0.29) is 36.3 Å². The number of amides is 1. The minimum Gasteiger partial charge on any atom is -0.379 e. The molecule has 1 aliphatic heterocycles. The highest BCUT2D eigenvalue weighted by molar-refractivity contribution is 5.80. The Kier molecular flexibility index (Phi) is 6.24. The maximum Gasteiger partial charge on any atom is 0.419 e. The fourth-order valence-electron chi connectivity index (χ4n) is 4.10. The Morgan fingerprint density at radius 2 is 2.04 bits per heavy atom. The molecule has 1 aliphatic carbocycles. The molecule has 1 N–H and O–H groups in total. The van der Waals surface area contributed by atoms with Crippen LogP contribution in [0.4, 0.5) is 19.0 Å². The van der Waals surface area contributed by atoms with Crippen LogP contribution in [0, 0.1) is 5.92 Å². The van der Waals surface area contributed by atoms with Crippen molar-refractivity contribution in [1.29, 1.82) is 0 Å². The lowest BCUT2D eigenvalue weighted by molar-refractivity contribution is -0.137. The van der Waals surface area contributed by atoms with E-state index in [0.29, 0.717) is 19.4 Å². The maximum absolute atomic E-state index is 13.3. The van der Waals surface area contributed by atoms with Crippen molar-refractivity contribution < 1.29 is 22.7 Å². The van der Waals surface area contributed by atoms with Crippen LogP contribution >= 0.6 is 0 Å². The molecule has 0 aromatic carbocycles. The van der Waals surface area contributed by atoms with Crippen LogP contribution in [0.3, 0.4) is 0 Å². The van der Waals surface area contributed by atoms with E-state index in [1.165, 1.54) is 12.3 Å². The van der Waals surface area contributed by atoms with Crippen molar-refractivity contribution in [3.8, 4) is 0 Å². The van der Waals surface area contributed by atoms with E-state index in [1.807, 2.05) is 0 Å². The topological polar surface area (TPSA) is 54.5 Å². The third-order valence-corrected chi connectivity index (χ3v) is 5.52. The highest BCUT2D eigenvalue weighted by Crippen LogP contribution is 2.36. The smallest absolute Gasteiger partial charge is 0.379 e. The normalized spacial score (nSPS) is 26.7. The molecule has 27 heavy (non-hydrogen) atoms. The van der Waals surface area contributed by atoms with Gasteiger partial charge in [0.25, 0.3) is 0 Å². The zero-order chi connectivity index (χ0) is 19.4. The predicted molar refractivity (Wildman–Crippen MR) is 95.4 cm³/mol. The lowest BCUT2D eigenvalue weighted by Gasteiger charge is -2.36. The zero-order valence-corrected chi connectivity index (χ0v) is 15.5. The number of aromatic nitrogens is 1. The molecular weight excluding hydrogens is 359 g/mol. The first-order valence-corrected chi connectivity index (χ1v) is 9.50. The van der Waals surface area contributed by atoms with Gasteiger partial charge in [-0.25, -0.2) is 4.98 Å². The highest BCUT2D eigenvalue weighted by atomic mass is 19.4. The van der Waals surface area contributed by atoms with Gasteiger partial charge in [0.1, 0.15) is 5.82 Å². The molecule has 2 heterocycles. The molecule has 0 bridgehead atoms. The zero-order valence-electron chi connectivity index (χ0n) is 15.5. The molecule has 0 spiro atoms. The number of carbonyl (C=O) groups excluding carboxylic acids is 1. The van der Waals surface area contributed by atoms with Gasteiger partial charge in [-0.1, -0.05) is 12.8 Å². The third-order valence-electron chi connectivity index (χ3n) is 5.52. The first-order chi connectivity index (χ1) is 12.9. The summed E-state index contributed by atoms with van der Waals surface area (Å²) in [6.07, 6.45) is 2.15. The lowest BCUT2D eigenvalue weighted by atomic mass is 9.90. The van der Waals surface area contributed by atoms with Gasteiger partial charge in [-0.15, -0.1) is 0 Å². The summed E-state index contributed by atoms with van der Waals surface area (Å²) in [6.45, 7) is 0.713. The fraction of sp³-hybridized carbons (Fsp3) is 0.684. The summed E-state index contributed by atoms with van der Waals surface area (Å²) in [5, 5.41) is 3.07. The SMILES string of the molecule is CO[C@@H]1CCCC[C@H]1NC(=O)[C@@H]1CCCN(c2ncccc2C(F)(F)F)C1. The first kappa shape index (κ1) is 19.9. The van der Waals surface area contributed by atoms with Gasteiger partial charge in [-0.05, 0) is 37.8 Å². The third kappa shape index (κ3) is 4.72. The fourth-order valence-corrected chi connectivity index (χ4v) is 4.10. The number of nitrogens with zero attached hydrogens (tertiary/aromatic N) is 2. The number of pyridine rings is 1. The van der Waals surface area contributed by atoms with Crippen LogP contribution < -0.4 is 10.2 Å². The molecule has 2 fully saturated rings. The van der Waals surface area contributed by atoms with Gasteiger partial charge in [-0.3, -0.25) is 4.79 Å². The summed E-state index contributed by atoms with van der Waals surface area (Å²) in [4.78, 5) is 18.3. The van der Waals surface area contributed by atoms with Crippen LogP contribution in [0.5, 0.6) is 0 Å². The molecule has 1 saturated carbocycles. The molecule has 5 nitrogen and oxygen atoms in total. The van der Waals surface area contributed by atoms with Crippen molar-refractivity contribution in [2.24, 2.45) is 5.92 Å². The number of hydrogen-bond acceptors (Lipinski definition) is 4. The minimum atomic E-state index is -4.47. The quantitative estimate of drug-likeness (QED) is 0.863. The minimum absolute atomic E-state index is 0.00927. The Hall–Kier alpha value is -1.83. The summed E-state index contributed by atoms with van der Waals surface area (Å²) < 4.78 is 45.3.